The first kappa shape index (κ1) is 14.1. The van der Waals surface area contributed by atoms with Gasteiger partial charge < -0.3 is 10.6 Å². The smallest absolute Gasteiger partial charge is 0.254 e. The van der Waals surface area contributed by atoms with Crippen LogP contribution >= 0.6 is 0 Å². The molecule has 0 radical (unpaired) electrons. The summed E-state index contributed by atoms with van der Waals surface area (Å²) in [6, 6.07) is 14.1. The molecular weight excluding hydrogens is 260 g/mol. The molecule has 0 aliphatic carbocycles. The van der Waals surface area contributed by atoms with Crippen molar-refractivity contribution in [1.29, 1.82) is 0 Å². The Morgan fingerprint density at radius 2 is 2.00 bits per heavy atom. The second-order valence-electron chi connectivity index (χ2n) is 6.04. The Labute approximate surface area is 125 Å². The molecule has 0 saturated carbocycles. The topological polar surface area (TPSA) is 46.3 Å². The van der Waals surface area contributed by atoms with Gasteiger partial charge in [0.1, 0.15) is 0 Å². The van der Waals surface area contributed by atoms with Crippen LogP contribution in [0.3, 0.4) is 0 Å². The van der Waals surface area contributed by atoms with E-state index in [-0.39, 0.29) is 11.9 Å². The maximum Gasteiger partial charge on any atom is 0.254 e. The van der Waals surface area contributed by atoms with Crippen LogP contribution in [-0.4, -0.2) is 29.9 Å². The van der Waals surface area contributed by atoms with Crippen molar-refractivity contribution in [3.63, 3.8) is 0 Å². The van der Waals surface area contributed by atoms with Crippen molar-refractivity contribution >= 4 is 16.7 Å². The average Bonchev–Trinajstić information content (AvgIpc) is 2.53. The Kier molecular flexibility index (Phi) is 3.93. The third-order valence-corrected chi connectivity index (χ3v) is 4.51. The molecule has 1 saturated heterocycles. The van der Waals surface area contributed by atoms with Crippen LogP contribution in [0.15, 0.2) is 42.5 Å². The zero-order valence-corrected chi connectivity index (χ0v) is 12.5. The lowest BCUT2D eigenvalue weighted by atomic mass is 9.91. The van der Waals surface area contributed by atoms with Crippen LogP contribution in [-0.2, 0) is 0 Å². The summed E-state index contributed by atoms with van der Waals surface area (Å²) in [5.74, 6) is 0.551. The molecule has 1 aliphatic heterocycles. The molecule has 2 aromatic rings. The van der Waals surface area contributed by atoms with Gasteiger partial charge in [0.2, 0.25) is 0 Å². The minimum atomic E-state index is 0.136. The molecule has 1 fully saturated rings. The number of fused-ring (bicyclic) bond motifs is 1. The van der Waals surface area contributed by atoms with E-state index in [0.717, 1.165) is 42.3 Å². The molecule has 3 rings (SSSR count). The summed E-state index contributed by atoms with van der Waals surface area (Å²) in [4.78, 5) is 14.8. The van der Waals surface area contributed by atoms with Crippen LogP contribution in [0.5, 0.6) is 0 Å². The molecule has 0 bridgehead atoms. The predicted octanol–water partition coefficient (Wildman–Crippen LogP) is 3.04. The highest BCUT2D eigenvalue weighted by atomic mass is 16.2. The Balaban J connectivity index is 1.90. The van der Waals surface area contributed by atoms with Gasteiger partial charge in [-0.2, -0.15) is 0 Å². The molecule has 3 heteroatoms. The molecule has 0 spiro atoms. The van der Waals surface area contributed by atoms with Crippen LogP contribution in [0.25, 0.3) is 10.8 Å². The third kappa shape index (κ3) is 2.79. The van der Waals surface area contributed by atoms with Crippen molar-refractivity contribution in [3.8, 4) is 0 Å². The summed E-state index contributed by atoms with van der Waals surface area (Å²) in [5.41, 5.74) is 6.82. The number of rotatable bonds is 2. The molecule has 1 heterocycles. The van der Waals surface area contributed by atoms with Gasteiger partial charge in [-0.15, -0.1) is 0 Å². The van der Waals surface area contributed by atoms with Crippen molar-refractivity contribution in [2.24, 2.45) is 11.7 Å². The number of hydrogen-bond donors (Lipinski definition) is 1. The van der Waals surface area contributed by atoms with E-state index in [1.165, 1.54) is 0 Å². The maximum atomic E-state index is 12.9. The van der Waals surface area contributed by atoms with Gasteiger partial charge in [0.05, 0.1) is 0 Å². The van der Waals surface area contributed by atoms with Crippen molar-refractivity contribution in [1.82, 2.24) is 4.90 Å². The molecule has 21 heavy (non-hydrogen) atoms. The fourth-order valence-electron chi connectivity index (χ4n) is 3.21. The first-order chi connectivity index (χ1) is 10.2. The van der Waals surface area contributed by atoms with E-state index in [1.54, 1.807) is 0 Å². The first-order valence-corrected chi connectivity index (χ1v) is 7.69. The van der Waals surface area contributed by atoms with Gasteiger partial charge in [0.15, 0.2) is 0 Å². The number of likely N-dealkylation sites (tertiary alicyclic amines) is 1. The van der Waals surface area contributed by atoms with E-state index >= 15 is 0 Å². The number of carbonyl (C=O) groups excluding carboxylic acids is 1. The number of hydrogen-bond acceptors (Lipinski definition) is 2. The monoisotopic (exact) mass is 282 g/mol. The van der Waals surface area contributed by atoms with Crippen LogP contribution in [0, 0.1) is 5.92 Å². The summed E-state index contributed by atoms with van der Waals surface area (Å²) >= 11 is 0. The Morgan fingerprint density at radius 3 is 2.81 bits per heavy atom. The summed E-state index contributed by atoms with van der Waals surface area (Å²) in [6.45, 7) is 3.65. The first-order valence-electron chi connectivity index (χ1n) is 7.69. The maximum absolute atomic E-state index is 12.9. The molecular formula is C18H22N2O. The lowest BCUT2D eigenvalue weighted by Gasteiger charge is -2.34. The Hall–Kier alpha value is -1.87. The zero-order chi connectivity index (χ0) is 14.8. The van der Waals surface area contributed by atoms with Gasteiger partial charge in [0, 0.05) is 24.7 Å². The summed E-state index contributed by atoms with van der Waals surface area (Å²) in [7, 11) is 0. The van der Waals surface area contributed by atoms with Gasteiger partial charge in [0.25, 0.3) is 5.91 Å². The van der Waals surface area contributed by atoms with E-state index < -0.39 is 0 Å². The summed E-state index contributed by atoms with van der Waals surface area (Å²) < 4.78 is 0. The average molecular weight is 282 g/mol. The molecule has 1 aliphatic rings. The molecule has 1 amide bonds. The van der Waals surface area contributed by atoms with Gasteiger partial charge in [-0.05, 0) is 42.5 Å². The third-order valence-electron chi connectivity index (χ3n) is 4.51. The van der Waals surface area contributed by atoms with Gasteiger partial charge in [-0.3, -0.25) is 4.79 Å². The highest BCUT2D eigenvalue weighted by molar-refractivity contribution is 6.07. The second-order valence-corrected chi connectivity index (χ2v) is 6.04. The lowest BCUT2D eigenvalue weighted by Crippen LogP contribution is -2.45. The Bertz CT molecular complexity index is 645. The van der Waals surface area contributed by atoms with E-state index in [1.807, 2.05) is 54.3 Å². The van der Waals surface area contributed by atoms with Crippen molar-refractivity contribution < 1.29 is 4.79 Å². The van der Waals surface area contributed by atoms with E-state index in [4.69, 9.17) is 5.73 Å². The van der Waals surface area contributed by atoms with Crippen LogP contribution in [0.2, 0.25) is 0 Å². The van der Waals surface area contributed by atoms with Crippen molar-refractivity contribution in [3.05, 3.63) is 48.0 Å². The van der Waals surface area contributed by atoms with E-state index in [9.17, 15) is 4.79 Å². The zero-order valence-electron chi connectivity index (χ0n) is 12.5. The molecule has 2 atom stereocenters. The fourth-order valence-corrected chi connectivity index (χ4v) is 3.21. The van der Waals surface area contributed by atoms with Gasteiger partial charge in [-0.25, -0.2) is 0 Å². The van der Waals surface area contributed by atoms with Gasteiger partial charge >= 0.3 is 0 Å². The Morgan fingerprint density at radius 1 is 1.24 bits per heavy atom. The molecule has 2 unspecified atom stereocenters. The van der Waals surface area contributed by atoms with Crippen molar-refractivity contribution in [2.45, 2.75) is 25.8 Å². The summed E-state index contributed by atoms with van der Waals surface area (Å²) in [6.07, 6.45) is 2.17. The largest absolute Gasteiger partial charge is 0.338 e. The quantitative estimate of drug-likeness (QED) is 0.920. The number of nitrogens with zero attached hydrogens (tertiary/aromatic N) is 1. The van der Waals surface area contributed by atoms with Crippen LogP contribution < -0.4 is 5.73 Å². The number of amides is 1. The van der Waals surface area contributed by atoms with Crippen LogP contribution in [0.4, 0.5) is 0 Å². The molecule has 2 aromatic carbocycles. The van der Waals surface area contributed by atoms with Crippen molar-refractivity contribution in [2.75, 3.05) is 13.1 Å². The molecule has 3 nitrogen and oxygen atoms in total. The van der Waals surface area contributed by atoms with E-state index in [2.05, 4.69) is 0 Å². The number of carbonyl (C=O) groups is 1. The van der Waals surface area contributed by atoms with E-state index in [0.29, 0.717) is 5.92 Å². The van der Waals surface area contributed by atoms with Crippen LogP contribution in [0.1, 0.15) is 30.1 Å². The molecule has 110 valence electrons. The number of nitrogens with two attached hydrogens (primary N) is 1. The predicted molar refractivity (Wildman–Crippen MR) is 86.2 cm³/mol. The molecule has 0 aromatic heterocycles. The fraction of sp³-hybridized carbons (Fsp3) is 0.389. The minimum absolute atomic E-state index is 0.136. The summed E-state index contributed by atoms with van der Waals surface area (Å²) in [5, 5.41) is 2.15. The molecule has 2 N–H and O–H groups in total. The standard InChI is InChI=1S/C18H22N2O/c1-13(19)15-8-5-11-20(12-15)18(21)17-10-4-7-14-6-2-3-9-16(14)17/h2-4,6-7,9-10,13,15H,5,8,11-12,19H2,1H3. The SMILES string of the molecule is CC(N)C1CCCN(C(=O)c2cccc3ccccc23)C1. The minimum Gasteiger partial charge on any atom is -0.338 e. The second kappa shape index (κ2) is 5.86. The number of piperidine rings is 1. The highest BCUT2D eigenvalue weighted by Crippen LogP contribution is 2.24. The number of benzene rings is 2. The lowest BCUT2D eigenvalue weighted by molar-refractivity contribution is 0.0663. The normalized spacial score (nSPS) is 20.5. The van der Waals surface area contributed by atoms with Gasteiger partial charge in [-0.1, -0.05) is 36.4 Å². The highest BCUT2D eigenvalue weighted by Gasteiger charge is 2.27.